The van der Waals surface area contributed by atoms with E-state index in [2.05, 4.69) is 0 Å². The lowest BCUT2D eigenvalue weighted by Crippen LogP contribution is -2.38. The van der Waals surface area contributed by atoms with Gasteiger partial charge < -0.3 is 19.7 Å². The topological polar surface area (TPSA) is 58.9 Å². The zero-order valence-corrected chi connectivity index (χ0v) is 11.9. The van der Waals surface area contributed by atoms with Crippen LogP contribution in [0.5, 0.6) is 0 Å². The van der Waals surface area contributed by atoms with Gasteiger partial charge in [-0.1, -0.05) is 12.8 Å². The van der Waals surface area contributed by atoms with Crippen molar-refractivity contribution in [2.24, 2.45) is 0 Å². The fraction of sp³-hybridized carbons (Fsp3) is 1.00. The second kappa shape index (κ2) is 9.34. The highest BCUT2D eigenvalue weighted by Gasteiger charge is 2.27. The minimum atomic E-state index is -0.636. The zero-order valence-electron chi connectivity index (χ0n) is 10.4. The first-order valence-electron chi connectivity index (χ1n) is 6.38. The van der Waals surface area contributed by atoms with Crippen molar-refractivity contribution < 1.29 is 19.7 Å². The predicted octanol–water partition coefficient (Wildman–Crippen LogP) is 1.53. The van der Waals surface area contributed by atoms with Crippen LogP contribution in [0.1, 0.15) is 25.7 Å². The molecule has 1 fully saturated rings. The van der Waals surface area contributed by atoms with Crippen molar-refractivity contribution in [2.75, 3.05) is 25.0 Å². The van der Waals surface area contributed by atoms with Crippen LogP contribution in [-0.4, -0.2) is 59.6 Å². The largest absolute Gasteiger partial charge is 0.389 e. The molecule has 108 valence electrons. The summed E-state index contributed by atoms with van der Waals surface area (Å²) in [6.07, 6.45) is 2.69. The Hall–Kier alpha value is 0.420. The van der Waals surface area contributed by atoms with Crippen LogP contribution in [0.25, 0.3) is 0 Å². The number of alkyl halides is 2. The third-order valence-electron chi connectivity index (χ3n) is 3.00. The molecular formula is C12H22Cl2O4. The Labute approximate surface area is 118 Å². The molecule has 1 aliphatic rings. The number of aliphatic hydroxyl groups excluding tert-OH is 2. The van der Waals surface area contributed by atoms with Gasteiger partial charge in [-0.25, -0.2) is 0 Å². The van der Waals surface area contributed by atoms with E-state index in [1.807, 2.05) is 0 Å². The summed E-state index contributed by atoms with van der Waals surface area (Å²) in [7, 11) is 0. The number of hydrogen-bond acceptors (Lipinski definition) is 4. The van der Waals surface area contributed by atoms with Crippen molar-refractivity contribution in [3.63, 3.8) is 0 Å². The van der Waals surface area contributed by atoms with E-state index in [1.165, 1.54) is 0 Å². The van der Waals surface area contributed by atoms with Crippen molar-refractivity contribution in [3.8, 4) is 0 Å². The molecule has 1 saturated carbocycles. The molecule has 1 rings (SSSR count). The average Bonchev–Trinajstić information content (AvgIpc) is 2.42. The van der Waals surface area contributed by atoms with Gasteiger partial charge in [-0.2, -0.15) is 0 Å². The first kappa shape index (κ1) is 16.5. The Morgan fingerprint density at radius 3 is 1.61 bits per heavy atom. The molecule has 4 unspecified atom stereocenters. The van der Waals surface area contributed by atoms with Crippen LogP contribution in [0.3, 0.4) is 0 Å². The van der Waals surface area contributed by atoms with Gasteiger partial charge >= 0.3 is 0 Å². The van der Waals surface area contributed by atoms with Crippen LogP contribution in [0.15, 0.2) is 0 Å². The number of halogens is 2. The van der Waals surface area contributed by atoms with Crippen LogP contribution in [-0.2, 0) is 9.47 Å². The highest BCUT2D eigenvalue weighted by atomic mass is 35.5. The van der Waals surface area contributed by atoms with Crippen LogP contribution in [0, 0.1) is 0 Å². The van der Waals surface area contributed by atoms with Gasteiger partial charge in [-0.15, -0.1) is 23.2 Å². The van der Waals surface area contributed by atoms with Crippen LogP contribution < -0.4 is 0 Å². The summed E-state index contributed by atoms with van der Waals surface area (Å²) in [6, 6.07) is 0. The Balaban J connectivity index is 2.32. The quantitative estimate of drug-likeness (QED) is 0.668. The second-order valence-corrected chi connectivity index (χ2v) is 5.26. The van der Waals surface area contributed by atoms with Crippen molar-refractivity contribution in [3.05, 3.63) is 0 Å². The van der Waals surface area contributed by atoms with Crippen molar-refractivity contribution in [2.45, 2.75) is 50.1 Å². The van der Waals surface area contributed by atoms with Gasteiger partial charge in [0.1, 0.15) is 0 Å². The van der Waals surface area contributed by atoms with E-state index in [-0.39, 0.29) is 37.2 Å². The van der Waals surface area contributed by atoms with E-state index >= 15 is 0 Å². The summed E-state index contributed by atoms with van der Waals surface area (Å²) in [4.78, 5) is 0. The van der Waals surface area contributed by atoms with E-state index in [9.17, 15) is 10.2 Å². The first-order valence-corrected chi connectivity index (χ1v) is 7.45. The highest BCUT2D eigenvalue weighted by molar-refractivity contribution is 6.18. The molecule has 0 heterocycles. The molecule has 0 spiro atoms. The number of hydrogen-bond donors (Lipinski definition) is 2. The summed E-state index contributed by atoms with van der Waals surface area (Å²) >= 11 is 11.0. The van der Waals surface area contributed by atoms with E-state index < -0.39 is 12.2 Å². The molecule has 0 saturated heterocycles. The van der Waals surface area contributed by atoms with E-state index in [1.54, 1.807) is 0 Å². The summed E-state index contributed by atoms with van der Waals surface area (Å²) < 4.78 is 11.3. The summed E-state index contributed by atoms with van der Waals surface area (Å²) in [6.45, 7) is 0.457. The molecule has 18 heavy (non-hydrogen) atoms. The van der Waals surface area contributed by atoms with Crippen LogP contribution in [0.2, 0.25) is 0 Å². The Morgan fingerprint density at radius 1 is 0.889 bits per heavy atom. The molecule has 0 aliphatic heterocycles. The molecule has 0 aromatic rings. The molecule has 2 N–H and O–H groups in total. The number of aliphatic hydroxyl groups is 2. The number of ether oxygens (including phenoxy) is 2. The van der Waals surface area contributed by atoms with E-state index in [0.717, 1.165) is 25.7 Å². The fourth-order valence-electron chi connectivity index (χ4n) is 2.00. The first-order chi connectivity index (χ1) is 8.67. The van der Waals surface area contributed by atoms with Gasteiger partial charge in [-0.3, -0.25) is 0 Å². The van der Waals surface area contributed by atoms with Crippen molar-refractivity contribution in [1.29, 1.82) is 0 Å². The van der Waals surface area contributed by atoms with Gasteiger partial charge in [0.15, 0.2) is 0 Å². The second-order valence-electron chi connectivity index (χ2n) is 4.64. The predicted molar refractivity (Wildman–Crippen MR) is 71.4 cm³/mol. The van der Waals surface area contributed by atoms with Gasteiger partial charge in [0.2, 0.25) is 0 Å². The minimum Gasteiger partial charge on any atom is -0.389 e. The Morgan fingerprint density at radius 2 is 1.28 bits per heavy atom. The normalized spacial score (nSPS) is 28.0. The zero-order chi connectivity index (χ0) is 13.4. The van der Waals surface area contributed by atoms with Crippen molar-refractivity contribution >= 4 is 23.2 Å². The summed E-state index contributed by atoms with van der Waals surface area (Å²) in [5.41, 5.74) is 0. The third-order valence-corrected chi connectivity index (χ3v) is 3.72. The number of rotatable bonds is 8. The molecule has 0 bridgehead atoms. The maximum Gasteiger partial charge on any atom is 0.0908 e. The molecule has 0 aromatic carbocycles. The molecule has 0 amide bonds. The van der Waals surface area contributed by atoms with E-state index in [0.29, 0.717) is 0 Å². The molecule has 4 atom stereocenters. The fourth-order valence-corrected chi connectivity index (χ4v) is 2.18. The lowest BCUT2D eigenvalue weighted by Gasteiger charge is -2.32. The molecule has 4 nitrogen and oxygen atoms in total. The Kier molecular flexibility index (Phi) is 8.55. The maximum atomic E-state index is 9.38. The van der Waals surface area contributed by atoms with Gasteiger partial charge in [0.05, 0.1) is 49.4 Å². The maximum absolute atomic E-state index is 9.38. The van der Waals surface area contributed by atoms with Gasteiger partial charge in [-0.05, 0) is 12.8 Å². The van der Waals surface area contributed by atoms with Gasteiger partial charge in [0.25, 0.3) is 0 Å². The summed E-state index contributed by atoms with van der Waals surface area (Å²) in [5.74, 6) is 0.340. The summed E-state index contributed by atoms with van der Waals surface area (Å²) in [5, 5.41) is 18.8. The van der Waals surface area contributed by atoms with E-state index in [4.69, 9.17) is 32.7 Å². The van der Waals surface area contributed by atoms with Crippen LogP contribution >= 0.6 is 23.2 Å². The molecule has 0 radical (unpaired) electrons. The van der Waals surface area contributed by atoms with Crippen LogP contribution in [0.4, 0.5) is 0 Å². The third kappa shape index (κ3) is 6.04. The standard InChI is InChI=1S/C12H22Cl2O4/c13-5-9(15)7-17-11-3-1-2-4-12(11)18-8-10(16)6-14/h9-12,15-16H,1-8H2. The SMILES string of the molecule is OC(CCl)COC1CCCCC1OCC(O)CCl. The molecule has 6 heteroatoms. The highest BCUT2D eigenvalue weighted by Crippen LogP contribution is 2.24. The minimum absolute atomic E-state index is 0.0286. The molecule has 1 aliphatic carbocycles. The Bertz CT molecular complexity index is 196. The monoisotopic (exact) mass is 300 g/mol. The molecule has 0 aromatic heterocycles. The van der Waals surface area contributed by atoms with Crippen molar-refractivity contribution in [1.82, 2.24) is 0 Å². The lowest BCUT2D eigenvalue weighted by atomic mass is 9.94. The molecular weight excluding hydrogens is 279 g/mol. The average molecular weight is 301 g/mol. The lowest BCUT2D eigenvalue weighted by molar-refractivity contribution is -0.117. The van der Waals surface area contributed by atoms with Gasteiger partial charge in [0, 0.05) is 0 Å². The smallest absolute Gasteiger partial charge is 0.0908 e.